The molecule has 0 radical (unpaired) electrons. The van der Waals surface area contributed by atoms with Crippen molar-refractivity contribution in [1.82, 2.24) is 15.2 Å². The molecule has 7 heteroatoms. The maximum atomic E-state index is 12.6. The van der Waals surface area contributed by atoms with Crippen molar-refractivity contribution in [1.29, 1.82) is 0 Å². The van der Waals surface area contributed by atoms with Crippen LogP contribution in [0.25, 0.3) is 10.9 Å². The first-order chi connectivity index (χ1) is 15.5. The molecule has 0 aliphatic carbocycles. The van der Waals surface area contributed by atoms with Gasteiger partial charge in [0.1, 0.15) is 5.82 Å². The number of likely N-dealkylation sites (tertiary alicyclic amines) is 1. The van der Waals surface area contributed by atoms with Crippen molar-refractivity contribution in [3.63, 3.8) is 0 Å². The molecule has 32 heavy (non-hydrogen) atoms. The lowest BCUT2D eigenvalue weighted by Crippen LogP contribution is -2.41. The number of carbonyl (C=O) groups excluding carboxylic acids is 2. The number of piperidine rings is 1. The standard InChI is InChI=1S/C25H35N5O2/c1-18-16-24(28-23-7-6-21(17-22(18)23)27-19(2)31)30-14-8-20(9-15-30)25(32)26-10-5-13-29-11-3-4-12-29/h6-7,16-17,20H,3-5,8-15H2,1-2H3,(H,26,32)(H,27,31). The normalized spacial score (nSPS) is 17.6. The van der Waals surface area contributed by atoms with Gasteiger partial charge in [-0.15, -0.1) is 0 Å². The zero-order chi connectivity index (χ0) is 22.5. The van der Waals surface area contributed by atoms with Crippen molar-refractivity contribution in [2.75, 3.05) is 49.5 Å². The van der Waals surface area contributed by atoms with E-state index in [1.807, 2.05) is 18.2 Å². The van der Waals surface area contributed by atoms with Gasteiger partial charge in [0, 0.05) is 43.5 Å². The number of aromatic nitrogens is 1. The van der Waals surface area contributed by atoms with Crippen LogP contribution in [-0.2, 0) is 9.59 Å². The van der Waals surface area contributed by atoms with Crippen LogP contribution in [-0.4, -0.2) is 61.0 Å². The predicted octanol–water partition coefficient (Wildman–Crippen LogP) is 3.32. The lowest BCUT2D eigenvalue weighted by molar-refractivity contribution is -0.125. The summed E-state index contributed by atoms with van der Waals surface area (Å²) in [6.07, 6.45) is 5.38. The highest BCUT2D eigenvalue weighted by molar-refractivity contribution is 5.93. The number of nitrogens with one attached hydrogen (secondary N) is 2. The highest BCUT2D eigenvalue weighted by Crippen LogP contribution is 2.28. The van der Waals surface area contributed by atoms with Crippen LogP contribution in [0.15, 0.2) is 24.3 Å². The van der Waals surface area contributed by atoms with E-state index in [4.69, 9.17) is 4.98 Å². The van der Waals surface area contributed by atoms with E-state index >= 15 is 0 Å². The number of hydrogen-bond donors (Lipinski definition) is 2. The van der Waals surface area contributed by atoms with Crippen molar-refractivity contribution < 1.29 is 9.59 Å². The summed E-state index contributed by atoms with van der Waals surface area (Å²) in [5, 5.41) is 7.03. The molecule has 1 aromatic heterocycles. The van der Waals surface area contributed by atoms with Crippen molar-refractivity contribution >= 4 is 34.2 Å². The minimum atomic E-state index is -0.0786. The Hall–Kier alpha value is -2.67. The summed E-state index contributed by atoms with van der Waals surface area (Å²) in [5.74, 6) is 1.19. The maximum absolute atomic E-state index is 12.6. The van der Waals surface area contributed by atoms with Crippen molar-refractivity contribution in [2.45, 2.75) is 46.0 Å². The lowest BCUT2D eigenvalue weighted by atomic mass is 9.95. The third-order valence-electron chi connectivity index (χ3n) is 6.66. The summed E-state index contributed by atoms with van der Waals surface area (Å²) >= 11 is 0. The molecule has 2 aliphatic heterocycles. The van der Waals surface area contributed by atoms with Gasteiger partial charge in [-0.25, -0.2) is 4.98 Å². The second kappa shape index (κ2) is 10.3. The molecule has 172 valence electrons. The third kappa shape index (κ3) is 5.57. The Morgan fingerprint density at radius 3 is 2.56 bits per heavy atom. The number of fused-ring (bicyclic) bond motifs is 1. The topological polar surface area (TPSA) is 77.6 Å². The number of carbonyl (C=O) groups is 2. The van der Waals surface area contributed by atoms with Crippen LogP contribution >= 0.6 is 0 Å². The smallest absolute Gasteiger partial charge is 0.223 e. The Balaban J connectivity index is 1.29. The number of rotatable bonds is 7. The van der Waals surface area contributed by atoms with Crippen LogP contribution in [0.3, 0.4) is 0 Å². The van der Waals surface area contributed by atoms with E-state index in [-0.39, 0.29) is 17.7 Å². The van der Waals surface area contributed by atoms with Crippen molar-refractivity contribution in [2.24, 2.45) is 5.92 Å². The average molecular weight is 438 g/mol. The number of benzene rings is 1. The molecule has 2 aliphatic rings. The number of aryl methyl sites for hydroxylation is 1. The Kier molecular flexibility index (Phi) is 7.25. The van der Waals surface area contributed by atoms with Gasteiger partial charge in [0.25, 0.3) is 0 Å². The third-order valence-corrected chi connectivity index (χ3v) is 6.66. The summed E-state index contributed by atoms with van der Waals surface area (Å²) < 4.78 is 0. The van der Waals surface area contributed by atoms with Crippen LogP contribution in [0, 0.1) is 12.8 Å². The first kappa shape index (κ1) is 22.5. The fourth-order valence-electron chi connectivity index (χ4n) is 4.86. The van der Waals surface area contributed by atoms with Crippen molar-refractivity contribution in [3.8, 4) is 0 Å². The van der Waals surface area contributed by atoms with Crippen molar-refractivity contribution in [3.05, 3.63) is 29.8 Å². The molecule has 0 atom stereocenters. The zero-order valence-corrected chi connectivity index (χ0v) is 19.3. The molecule has 2 amide bonds. The average Bonchev–Trinajstić information content (AvgIpc) is 3.30. The molecule has 0 bridgehead atoms. The summed E-state index contributed by atoms with van der Waals surface area (Å²) in [7, 11) is 0. The number of amides is 2. The van der Waals surface area contributed by atoms with E-state index in [0.717, 1.165) is 73.4 Å². The minimum Gasteiger partial charge on any atom is -0.357 e. The Labute approximate surface area is 190 Å². The fraction of sp³-hybridized carbons (Fsp3) is 0.560. The Morgan fingerprint density at radius 1 is 1.09 bits per heavy atom. The predicted molar refractivity (Wildman–Crippen MR) is 129 cm³/mol. The SMILES string of the molecule is CC(=O)Nc1ccc2nc(N3CCC(C(=O)NCCCN4CCCC4)CC3)cc(C)c2c1. The van der Waals surface area contributed by atoms with Gasteiger partial charge in [0.15, 0.2) is 0 Å². The van der Waals surface area contributed by atoms with Gasteiger partial charge in [0.2, 0.25) is 11.8 Å². The number of pyridine rings is 1. The Morgan fingerprint density at radius 2 is 1.84 bits per heavy atom. The Bertz CT molecular complexity index is 962. The highest BCUT2D eigenvalue weighted by Gasteiger charge is 2.25. The monoisotopic (exact) mass is 437 g/mol. The summed E-state index contributed by atoms with van der Waals surface area (Å²) in [6, 6.07) is 7.93. The molecule has 3 heterocycles. The van der Waals surface area contributed by atoms with Gasteiger partial charge in [-0.05, 0) is 88.5 Å². The largest absolute Gasteiger partial charge is 0.357 e. The second-order valence-electron chi connectivity index (χ2n) is 9.17. The van der Waals surface area contributed by atoms with Crippen LogP contribution in [0.1, 0.15) is 44.6 Å². The van der Waals surface area contributed by atoms with Gasteiger partial charge in [-0.2, -0.15) is 0 Å². The molecule has 0 spiro atoms. The summed E-state index contributed by atoms with van der Waals surface area (Å²) in [6.45, 7) is 9.57. The molecule has 2 aromatic rings. The molecular weight excluding hydrogens is 402 g/mol. The molecular formula is C25H35N5O2. The van der Waals surface area contributed by atoms with Crippen LogP contribution in [0.2, 0.25) is 0 Å². The molecule has 2 N–H and O–H groups in total. The van der Waals surface area contributed by atoms with Gasteiger partial charge in [0.05, 0.1) is 5.52 Å². The molecule has 4 rings (SSSR count). The van der Waals surface area contributed by atoms with Crippen LogP contribution in [0.4, 0.5) is 11.5 Å². The van der Waals surface area contributed by atoms with E-state index in [1.165, 1.54) is 32.9 Å². The van der Waals surface area contributed by atoms with E-state index in [1.54, 1.807) is 0 Å². The molecule has 0 saturated carbocycles. The van der Waals surface area contributed by atoms with E-state index < -0.39 is 0 Å². The molecule has 0 unspecified atom stereocenters. The molecule has 7 nitrogen and oxygen atoms in total. The van der Waals surface area contributed by atoms with E-state index in [0.29, 0.717) is 0 Å². The van der Waals surface area contributed by atoms with Gasteiger partial charge >= 0.3 is 0 Å². The summed E-state index contributed by atoms with van der Waals surface area (Å²) in [5.41, 5.74) is 2.84. The number of hydrogen-bond acceptors (Lipinski definition) is 5. The fourth-order valence-corrected chi connectivity index (χ4v) is 4.86. The molecule has 2 saturated heterocycles. The lowest BCUT2D eigenvalue weighted by Gasteiger charge is -2.32. The van der Waals surface area contributed by atoms with Crippen LogP contribution in [0.5, 0.6) is 0 Å². The second-order valence-corrected chi connectivity index (χ2v) is 9.17. The zero-order valence-electron chi connectivity index (χ0n) is 19.3. The van der Waals surface area contributed by atoms with Gasteiger partial charge in [-0.3, -0.25) is 9.59 Å². The molecule has 2 fully saturated rings. The first-order valence-electron chi connectivity index (χ1n) is 11.9. The van der Waals surface area contributed by atoms with Gasteiger partial charge in [-0.1, -0.05) is 0 Å². The first-order valence-corrected chi connectivity index (χ1v) is 11.9. The number of nitrogens with zero attached hydrogens (tertiary/aromatic N) is 3. The quantitative estimate of drug-likeness (QED) is 0.650. The highest BCUT2D eigenvalue weighted by atomic mass is 16.2. The summed E-state index contributed by atoms with van der Waals surface area (Å²) in [4.78, 5) is 33.5. The number of anilines is 2. The van der Waals surface area contributed by atoms with E-state index in [9.17, 15) is 9.59 Å². The van der Waals surface area contributed by atoms with Crippen LogP contribution < -0.4 is 15.5 Å². The van der Waals surface area contributed by atoms with E-state index in [2.05, 4.69) is 33.4 Å². The molecule has 1 aromatic carbocycles. The minimum absolute atomic E-state index is 0.0786. The maximum Gasteiger partial charge on any atom is 0.223 e. The van der Waals surface area contributed by atoms with Gasteiger partial charge < -0.3 is 20.4 Å².